The first-order valence-corrected chi connectivity index (χ1v) is 4.96. The van der Waals surface area contributed by atoms with Crippen LogP contribution in [0.15, 0.2) is 12.1 Å². The van der Waals surface area contributed by atoms with Crippen LogP contribution in [0.3, 0.4) is 0 Å². The van der Waals surface area contributed by atoms with Gasteiger partial charge in [-0.1, -0.05) is 0 Å². The maximum absolute atomic E-state index is 11.5. The normalized spacial score (nSPS) is 9.38. The average molecular weight is 240 g/mol. The second-order valence-corrected chi connectivity index (χ2v) is 3.22. The molecule has 84 valence electrons. The van der Waals surface area contributed by atoms with Crippen molar-refractivity contribution in [3.63, 3.8) is 0 Å². The number of halogens is 1. The summed E-state index contributed by atoms with van der Waals surface area (Å²) in [6, 6.07) is 4.95. The van der Waals surface area contributed by atoms with Gasteiger partial charge in [0.1, 0.15) is 11.3 Å². The molecule has 0 aliphatic heterocycles. The number of nitriles is 1. The number of ether oxygens (including phenoxy) is 2. The second-order valence-electron chi connectivity index (χ2n) is 2.95. The van der Waals surface area contributed by atoms with Gasteiger partial charge in [0.2, 0.25) is 0 Å². The number of esters is 1. The third-order valence-electron chi connectivity index (χ3n) is 2.05. The van der Waals surface area contributed by atoms with Crippen LogP contribution >= 0.6 is 11.6 Å². The summed E-state index contributed by atoms with van der Waals surface area (Å²) in [5, 5.41) is 8.81. The molecule has 0 amide bonds. The molecule has 0 fully saturated rings. The molecule has 0 aliphatic rings. The van der Waals surface area contributed by atoms with Gasteiger partial charge in [0, 0.05) is 5.56 Å². The molecule has 16 heavy (non-hydrogen) atoms. The van der Waals surface area contributed by atoms with Crippen molar-refractivity contribution in [3.05, 3.63) is 28.8 Å². The fourth-order valence-electron chi connectivity index (χ4n) is 1.36. The van der Waals surface area contributed by atoms with Crippen molar-refractivity contribution < 1.29 is 14.3 Å². The number of carbonyl (C=O) groups excluding carboxylic acids is 1. The Kier molecular flexibility index (Phi) is 4.15. The number of carbonyl (C=O) groups is 1. The summed E-state index contributed by atoms with van der Waals surface area (Å²) in [5.41, 5.74) is 1.14. The molecule has 0 saturated carbocycles. The number of alkyl halides is 1. The lowest BCUT2D eigenvalue weighted by Crippen LogP contribution is -2.06. The van der Waals surface area contributed by atoms with Crippen LogP contribution in [0.1, 0.15) is 21.5 Å². The molecule has 1 aromatic rings. The summed E-state index contributed by atoms with van der Waals surface area (Å²) in [6.07, 6.45) is 0. The maximum Gasteiger partial charge on any atom is 0.341 e. The highest BCUT2D eigenvalue weighted by atomic mass is 35.5. The zero-order valence-electron chi connectivity index (χ0n) is 8.91. The predicted molar refractivity (Wildman–Crippen MR) is 58.6 cm³/mol. The predicted octanol–water partition coefficient (Wildman–Crippen LogP) is 2.09. The van der Waals surface area contributed by atoms with E-state index in [0.29, 0.717) is 16.9 Å². The van der Waals surface area contributed by atoms with Gasteiger partial charge in [-0.15, -0.1) is 11.6 Å². The topological polar surface area (TPSA) is 59.3 Å². The summed E-state index contributed by atoms with van der Waals surface area (Å²) in [5.74, 6) is -0.0518. The van der Waals surface area contributed by atoms with E-state index in [1.54, 1.807) is 6.07 Å². The van der Waals surface area contributed by atoms with Crippen LogP contribution in [0.2, 0.25) is 0 Å². The number of hydrogen-bond acceptors (Lipinski definition) is 4. The van der Waals surface area contributed by atoms with E-state index in [0.717, 1.165) is 0 Å². The molecule has 1 rings (SSSR count). The molecule has 0 atom stereocenters. The van der Waals surface area contributed by atoms with Crippen LogP contribution in [0.25, 0.3) is 0 Å². The van der Waals surface area contributed by atoms with Gasteiger partial charge in [-0.3, -0.25) is 0 Å². The van der Waals surface area contributed by atoms with E-state index >= 15 is 0 Å². The summed E-state index contributed by atoms with van der Waals surface area (Å²) in [4.78, 5) is 11.5. The van der Waals surface area contributed by atoms with Gasteiger partial charge >= 0.3 is 5.97 Å². The molecule has 0 radical (unpaired) electrons. The Morgan fingerprint density at radius 3 is 2.62 bits per heavy atom. The SMILES string of the molecule is COC(=O)c1cc(C#N)cc(CCl)c1OC. The Hall–Kier alpha value is -1.73. The standard InChI is InChI=1S/C11H10ClNO3/c1-15-10-8(5-12)3-7(6-13)4-9(10)11(14)16-2/h3-4H,5H2,1-2H3. The molecule has 0 spiro atoms. The number of hydrogen-bond donors (Lipinski definition) is 0. The van der Waals surface area contributed by atoms with Gasteiger partial charge in [-0.25, -0.2) is 4.79 Å². The second kappa shape index (κ2) is 5.38. The van der Waals surface area contributed by atoms with E-state index in [-0.39, 0.29) is 11.4 Å². The van der Waals surface area contributed by atoms with Crippen molar-refractivity contribution >= 4 is 17.6 Å². The fourth-order valence-corrected chi connectivity index (χ4v) is 1.55. The van der Waals surface area contributed by atoms with E-state index in [1.807, 2.05) is 6.07 Å². The van der Waals surface area contributed by atoms with Gasteiger partial charge in [-0.2, -0.15) is 5.26 Å². The minimum atomic E-state index is -0.555. The smallest absolute Gasteiger partial charge is 0.341 e. The molecule has 4 nitrogen and oxygen atoms in total. The molecule has 1 aromatic carbocycles. The molecule has 0 heterocycles. The Morgan fingerprint density at radius 2 is 2.19 bits per heavy atom. The summed E-state index contributed by atoms with van der Waals surface area (Å²) < 4.78 is 9.70. The monoisotopic (exact) mass is 239 g/mol. The first-order chi connectivity index (χ1) is 7.67. The van der Waals surface area contributed by atoms with Crippen molar-refractivity contribution in [2.24, 2.45) is 0 Å². The van der Waals surface area contributed by atoms with Gasteiger partial charge in [0.15, 0.2) is 0 Å². The van der Waals surface area contributed by atoms with Gasteiger partial charge in [-0.05, 0) is 12.1 Å². The molecule has 0 saturated heterocycles. The van der Waals surface area contributed by atoms with E-state index in [1.165, 1.54) is 20.3 Å². The molecule has 0 aromatic heterocycles. The minimum absolute atomic E-state index is 0.155. The lowest BCUT2D eigenvalue weighted by molar-refractivity contribution is 0.0597. The van der Waals surface area contributed by atoms with Crippen LogP contribution < -0.4 is 4.74 Å². The quantitative estimate of drug-likeness (QED) is 0.599. The number of rotatable bonds is 3. The highest BCUT2D eigenvalue weighted by Gasteiger charge is 2.17. The Labute approximate surface area is 98.3 Å². The van der Waals surface area contributed by atoms with Crippen molar-refractivity contribution in [1.29, 1.82) is 5.26 Å². The highest BCUT2D eigenvalue weighted by Crippen LogP contribution is 2.27. The number of nitrogens with zero attached hydrogens (tertiary/aromatic N) is 1. The molecule has 0 aliphatic carbocycles. The molecular formula is C11H10ClNO3. The Balaban J connectivity index is 3.44. The zero-order valence-corrected chi connectivity index (χ0v) is 9.67. The summed E-state index contributed by atoms with van der Waals surface area (Å²) >= 11 is 5.72. The maximum atomic E-state index is 11.5. The fraction of sp³-hybridized carbons (Fsp3) is 0.273. The lowest BCUT2D eigenvalue weighted by Gasteiger charge is -2.11. The van der Waals surface area contributed by atoms with Crippen molar-refractivity contribution in [2.75, 3.05) is 14.2 Å². The molecule has 0 bridgehead atoms. The van der Waals surface area contributed by atoms with Crippen molar-refractivity contribution in [2.45, 2.75) is 5.88 Å². The van der Waals surface area contributed by atoms with E-state index in [4.69, 9.17) is 21.6 Å². The van der Waals surface area contributed by atoms with Crippen LogP contribution in [-0.4, -0.2) is 20.2 Å². The molecule has 0 unspecified atom stereocenters. The minimum Gasteiger partial charge on any atom is -0.496 e. The van der Waals surface area contributed by atoms with E-state index in [2.05, 4.69) is 4.74 Å². The number of methoxy groups -OCH3 is 2. The van der Waals surface area contributed by atoms with Crippen LogP contribution in [0.4, 0.5) is 0 Å². The molecule has 5 heteroatoms. The van der Waals surface area contributed by atoms with Crippen LogP contribution in [-0.2, 0) is 10.6 Å². The van der Waals surface area contributed by atoms with E-state index < -0.39 is 5.97 Å². The first-order valence-electron chi connectivity index (χ1n) is 4.43. The summed E-state index contributed by atoms with van der Waals surface area (Å²) in [6.45, 7) is 0. The lowest BCUT2D eigenvalue weighted by atomic mass is 10.1. The zero-order chi connectivity index (χ0) is 12.1. The van der Waals surface area contributed by atoms with Gasteiger partial charge in [0.05, 0.1) is 31.7 Å². The van der Waals surface area contributed by atoms with Gasteiger partial charge in [0.25, 0.3) is 0 Å². The molecule has 0 N–H and O–H groups in total. The first kappa shape index (κ1) is 12.3. The average Bonchev–Trinajstić information content (AvgIpc) is 2.35. The van der Waals surface area contributed by atoms with E-state index in [9.17, 15) is 4.79 Å². The van der Waals surface area contributed by atoms with Crippen LogP contribution in [0.5, 0.6) is 5.75 Å². The summed E-state index contributed by atoms with van der Waals surface area (Å²) in [7, 11) is 2.70. The Morgan fingerprint density at radius 1 is 1.50 bits per heavy atom. The molecular weight excluding hydrogens is 230 g/mol. The van der Waals surface area contributed by atoms with Gasteiger partial charge < -0.3 is 9.47 Å². The third kappa shape index (κ3) is 2.26. The van der Waals surface area contributed by atoms with Crippen molar-refractivity contribution in [1.82, 2.24) is 0 Å². The van der Waals surface area contributed by atoms with Crippen LogP contribution in [0, 0.1) is 11.3 Å². The Bertz CT molecular complexity index is 451. The van der Waals surface area contributed by atoms with Crippen molar-refractivity contribution in [3.8, 4) is 11.8 Å². The largest absolute Gasteiger partial charge is 0.496 e. The highest BCUT2D eigenvalue weighted by molar-refractivity contribution is 6.17. The third-order valence-corrected chi connectivity index (χ3v) is 2.34. The number of benzene rings is 1.